The highest BCUT2D eigenvalue weighted by Crippen LogP contribution is 1.81. The number of allylic oxidation sites excluding steroid dienone is 3. The molecule has 0 saturated carbocycles. The molecule has 1 nitrogen and oxygen atoms in total. The fourth-order valence-corrected chi connectivity index (χ4v) is 0.204. The van der Waals surface area contributed by atoms with E-state index < -0.39 is 0 Å². The molecule has 0 atom stereocenters. The molecule has 0 saturated heterocycles. The fourth-order valence-electron chi connectivity index (χ4n) is 0.204. The molecule has 0 aliphatic carbocycles. The standard InChI is InChI=1S/C6H9N.C4H10.CH4/c1-3-5-6(7)4-2;1-3-4-2;/h3-5H,1-2,7H2;3-4H2,1-2H3;1H4/b6-5+;;. The van der Waals surface area contributed by atoms with Gasteiger partial charge in [-0.15, -0.1) is 0 Å². The van der Waals surface area contributed by atoms with E-state index in [0.29, 0.717) is 5.70 Å². The van der Waals surface area contributed by atoms with E-state index in [2.05, 4.69) is 27.0 Å². The Kier molecular flexibility index (Phi) is 23.7. The van der Waals surface area contributed by atoms with E-state index >= 15 is 0 Å². The first kappa shape index (κ1) is 17.2. The topological polar surface area (TPSA) is 26.0 Å². The summed E-state index contributed by atoms with van der Waals surface area (Å²) in [5.41, 5.74) is 5.90. The third-order valence-corrected chi connectivity index (χ3v) is 1.05. The third kappa shape index (κ3) is 23.0. The van der Waals surface area contributed by atoms with E-state index in [4.69, 9.17) is 5.73 Å². The lowest BCUT2D eigenvalue weighted by Gasteiger charge is -1.81. The molecule has 12 heavy (non-hydrogen) atoms. The summed E-state index contributed by atoms with van der Waals surface area (Å²) < 4.78 is 0. The van der Waals surface area contributed by atoms with Gasteiger partial charge in [-0.25, -0.2) is 0 Å². The quantitative estimate of drug-likeness (QED) is 0.641. The van der Waals surface area contributed by atoms with Crippen molar-refractivity contribution in [2.75, 3.05) is 0 Å². The van der Waals surface area contributed by atoms with Crippen molar-refractivity contribution >= 4 is 0 Å². The van der Waals surface area contributed by atoms with Gasteiger partial charge in [-0.2, -0.15) is 0 Å². The molecule has 1 heteroatoms. The SMILES string of the molecule is C.C=C/C=C(/N)C=C.CCCC. The van der Waals surface area contributed by atoms with Crippen molar-refractivity contribution in [3.05, 3.63) is 37.1 Å². The van der Waals surface area contributed by atoms with Gasteiger partial charge in [-0.1, -0.05) is 53.3 Å². The van der Waals surface area contributed by atoms with Crippen molar-refractivity contribution in [2.24, 2.45) is 5.73 Å². The van der Waals surface area contributed by atoms with E-state index in [0.717, 1.165) is 0 Å². The van der Waals surface area contributed by atoms with Gasteiger partial charge in [-0.3, -0.25) is 0 Å². The summed E-state index contributed by atoms with van der Waals surface area (Å²) in [5.74, 6) is 0. The first-order chi connectivity index (χ1) is 5.22. The molecule has 0 aliphatic rings. The van der Waals surface area contributed by atoms with E-state index in [-0.39, 0.29) is 7.43 Å². The number of nitrogens with two attached hydrogens (primary N) is 1. The Morgan fingerprint density at radius 1 is 1.25 bits per heavy atom. The van der Waals surface area contributed by atoms with Crippen LogP contribution in [-0.2, 0) is 0 Å². The fraction of sp³-hybridized carbons (Fsp3) is 0.455. The van der Waals surface area contributed by atoms with Crippen LogP contribution >= 0.6 is 0 Å². The summed E-state index contributed by atoms with van der Waals surface area (Å²) in [4.78, 5) is 0. The summed E-state index contributed by atoms with van der Waals surface area (Å²) in [6.07, 6.45) is 7.52. The molecule has 0 aromatic rings. The number of unbranched alkanes of at least 4 members (excludes halogenated alkanes) is 1. The lowest BCUT2D eigenvalue weighted by atomic mass is 10.4. The van der Waals surface area contributed by atoms with E-state index in [1.807, 2.05) is 0 Å². The Balaban J connectivity index is -0.000000142. The maximum atomic E-state index is 5.26. The summed E-state index contributed by atoms with van der Waals surface area (Å²) in [6.45, 7) is 11.2. The predicted molar refractivity (Wildman–Crippen MR) is 60.0 cm³/mol. The van der Waals surface area contributed by atoms with E-state index in [1.54, 1.807) is 18.2 Å². The minimum atomic E-state index is 0. The second-order valence-electron chi connectivity index (χ2n) is 2.11. The molecule has 0 unspecified atom stereocenters. The Morgan fingerprint density at radius 3 is 1.75 bits per heavy atom. The second-order valence-corrected chi connectivity index (χ2v) is 2.11. The predicted octanol–water partition coefficient (Wildman–Crippen LogP) is 3.64. The first-order valence-electron chi connectivity index (χ1n) is 3.93. The van der Waals surface area contributed by atoms with Crippen molar-refractivity contribution < 1.29 is 0 Å². The lowest BCUT2D eigenvalue weighted by Crippen LogP contribution is -1.89. The van der Waals surface area contributed by atoms with Crippen LogP contribution in [0.1, 0.15) is 34.1 Å². The molecular formula is C11H23N. The highest BCUT2D eigenvalue weighted by Gasteiger charge is 1.69. The van der Waals surface area contributed by atoms with Crippen molar-refractivity contribution in [1.29, 1.82) is 0 Å². The average molecular weight is 169 g/mol. The second kappa shape index (κ2) is 16.5. The average Bonchev–Trinajstić information content (AvgIpc) is 2.05. The zero-order chi connectivity index (χ0) is 9.11. The van der Waals surface area contributed by atoms with Gasteiger partial charge < -0.3 is 5.73 Å². The number of hydrogen-bond donors (Lipinski definition) is 1. The summed E-state index contributed by atoms with van der Waals surface area (Å²) in [5, 5.41) is 0. The van der Waals surface area contributed by atoms with Crippen LogP contribution in [0.2, 0.25) is 0 Å². The number of rotatable bonds is 3. The van der Waals surface area contributed by atoms with Crippen LogP contribution < -0.4 is 5.73 Å². The molecule has 2 N–H and O–H groups in total. The minimum absolute atomic E-state index is 0. The zero-order valence-electron chi connectivity index (χ0n) is 7.64. The van der Waals surface area contributed by atoms with E-state index in [9.17, 15) is 0 Å². The smallest absolute Gasteiger partial charge is 0.0307 e. The van der Waals surface area contributed by atoms with Crippen LogP contribution in [0.4, 0.5) is 0 Å². The van der Waals surface area contributed by atoms with Crippen LogP contribution in [0.3, 0.4) is 0 Å². The van der Waals surface area contributed by atoms with Crippen molar-refractivity contribution in [3.8, 4) is 0 Å². The molecule has 0 radical (unpaired) electrons. The van der Waals surface area contributed by atoms with Gasteiger partial charge in [0.05, 0.1) is 0 Å². The normalized spacial score (nSPS) is 8.67. The van der Waals surface area contributed by atoms with Crippen molar-refractivity contribution in [3.63, 3.8) is 0 Å². The van der Waals surface area contributed by atoms with Gasteiger partial charge >= 0.3 is 0 Å². The first-order valence-corrected chi connectivity index (χ1v) is 3.93. The molecule has 72 valence electrons. The number of hydrogen-bond acceptors (Lipinski definition) is 1. The molecule has 0 rings (SSSR count). The zero-order valence-corrected chi connectivity index (χ0v) is 7.64. The monoisotopic (exact) mass is 169 g/mol. The van der Waals surface area contributed by atoms with Gasteiger partial charge in [0, 0.05) is 5.70 Å². The molecule has 0 fully saturated rings. The van der Waals surface area contributed by atoms with Crippen LogP contribution in [-0.4, -0.2) is 0 Å². The van der Waals surface area contributed by atoms with Crippen molar-refractivity contribution in [1.82, 2.24) is 0 Å². The van der Waals surface area contributed by atoms with Gasteiger partial charge in [0.2, 0.25) is 0 Å². The lowest BCUT2D eigenvalue weighted by molar-refractivity contribution is 0.886. The Bertz CT molecular complexity index is 121. The van der Waals surface area contributed by atoms with Crippen LogP contribution in [0.5, 0.6) is 0 Å². The van der Waals surface area contributed by atoms with Crippen LogP contribution in [0, 0.1) is 0 Å². The Hall–Kier alpha value is -0.980. The van der Waals surface area contributed by atoms with E-state index in [1.165, 1.54) is 12.8 Å². The van der Waals surface area contributed by atoms with Crippen molar-refractivity contribution in [2.45, 2.75) is 34.1 Å². The summed E-state index contributed by atoms with van der Waals surface area (Å²) >= 11 is 0. The minimum Gasteiger partial charge on any atom is -0.399 e. The molecule has 0 aromatic heterocycles. The van der Waals surface area contributed by atoms with Crippen LogP contribution in [0.25, 0.3) is 0 Å². The summed E-state index contributed by atoms with van der Waals surface area (Å²) in [7, 11) is 0. The molecule has 0 heterocycles. The highest BCUT2D eigenvalue weighted by molar-refractivity contribution is 5.16. The highest BCUT2D eigenvalue weighted by atomic mass is 14.5. The molecule has 0 spiro atoms. The Morgan fingerprint density at radius 2 is 1.67 bits per heavy atom. The van der Waals surface area contributed by atoms with Crippen LogP contribution in [0.15, 0.2) is 37.1 Å². The third-order valence-electron chi connectivity index (χ3n) is 1.05. The molecule has 0 aromatic carbocycles. The maximum absolute atomic E-state index is 5.26. The summed E-state index contributed by atoms with van der Waals surface area (Å²) in [6, 6.07) is 0. The molecule has 0 amide bonds. The Labute approximate surface area is 77.7 Å². The molecule has 0 bridgehead atoms. The molecular weight excluding hydrogens is 146 g/mol. The van der Waals surface area contributed by atoms with Gasteiger partial charge in [0.1, 0.15) is 0 Å². The maximum Gasteiger partial charge on any atom is 0.0307 e. The van der Waals surface area contributed by atoms with Gasteiger partial charge in [0.25, 0.3) is 0 Å². The van der Waals surface area contributed by atoms with Gasteiger partial charge in [0.15, 0.2) is 0 Å². The molecule has 0 aliphatic heterocycles. The largest absolute Gasteiger partial charge is 0.399 e. The van der Waals surface area contributed by atoms with Gasteiger partial charge in [-0.05, 0) is 12.2 Å².